The van der Waals surface area contributed by atoms with Crippen LogP contribution in [0.1, 0.15) is 32.0 Å². The van der Waals surface area contributed by atoms with Crippen LogP contribution >= 0.6 is 0 Å². The lowest BCUT2D eigenvalue weighted by Gasteiger charge is -2.19. The Bertz CT molecular complexity index is 1070. The average molecular weight is 439 g/mol. The van der Waals surface area contributed by atoms with E-state index in [1.165, 1.54) is 18.4 Å². The van der Waals surface area contributed by atoms with Gasteiger partial charge < -0.3 is 14.5 Å². The van der Waals surface area contributed by atoms with Crippen LogP contribution in [0.2, 0.25) is 0 Å². The van der Waals surface area contributed by atoms with Gasteiger partial charge in [-0.15, -0.1) is 0 Å². The molecule has 0 fully saturated rings. The maximum Gasteiger partial charge on any atom is 0.412 e. The quantitative estimate of drug-likeness (QED) is 0.555. The fraction of sp³-hybridized carbons (Fsp3) is 0.292. The Kier molecular flexibility index (Phi) is 7.25. The molecule has 1 heterocycles. The summed E-state index contributed by atoms with van der Waals surface area (Å²) in [5, 5.41) is 5.51. The maximum absolute atomic E-state index is 13.0. The Balaban J connectivity index is 1.46. The van der Waals surface area contributed by atoms with Crippen molar-refractivity contribution < 1.29 is 23.1 Å². The van der Waals surface area contributed by atoms with Crippen molar-refractivity contribution in [3.63, 3.8) is 0 Å². The highest BCUT2D eigenvalue weighted by Gasteiger charge is 2.16. The van der Waals surface area contributed by atoms with Crippen molar-refractivity contribution in [3.05, 3.63) is 71.9 Å². The highest BCUT2D eigenvalue weighted by molar-refractivity contribution is 5.85. The minimum Gasteiger partial charge on any atom is -0.444 e. The van der Waals surface area contributed by atoms with E-state index in [1.807, 2.05) is 6.07 Å². The number of halogens is 1. The summed E-state index contributed by atoms with van der Waals surface area (Å²) in [6.45, 7) is 5.76. The van der Waals surface area contributed by atoms with E-state index in [9.17, 15) is 14.0 Å². The van der Waals surface area contributed by atoms with Gasteiger partial charge in [-0.1, -0.05) is 12.1 Å². The lowest BCUT2D eigenvalue weighted by atomic mass is 10.1. The Morgan fingerprint density at radius 3 is 2.59 bits per heavy atom. The van der Waals surface area contributed by atoms with Crippen LogP contribution in [0.5, 0.6) is 0 Å². The van der Waals surface area contributed by atoms with E-state index in [0.717, 1.165) is 5.56 Å². The van der Waals surface area contributed by atoms with Gasteiger partial charge in [0.25, 0.3) is 0 Å². The summed E-state index contributed by atoms with van der Waals surface area (Å²) in [6, 6.07) is 12.9. The normalized spacial score (nSPS) is 11.1. The Labute approximate surface area is 186 Å². The molecule has 168 valence electrons. The first-order valence-electron chi connectivity index (χ1n) is 10.2. The molecule has 0 aliphatic heterocycles. The van der Waals surface area contributed by atoms with Gasteiger partial charge in [0, 0.05) is 24.2 Å². The van der Waals surface area contributed by atoms with E-state index < -0.39 is 11.7 Å². The van der Waals surface area contributed by atoms with E-state index in [0.29, 0.717) is 35.8 Å². The Hall–Kier alpha value is -3.68. The summed E-state index contributed by atoms with van der Waals surface area (Å²) in [5.74, 6) is -0.0725. The summed E-state index contributed by atoms with van der Waals surface area (Å²) in [6.07, 6.45) is 1.64. The molecule has 0 atom stereocenters. The smallest absolute Gasteiger partial charge is 0.412 e. The van der Waals surface area contributed by atoms with Gasteiger partial charge in [0.05, 0.1) is 12.1 Å². The monoisotopic (exact) mass is 439 g/mol. The first-order valence-corrected chi connectivity index (χ1v) is 10.2. The van der Waals surface area contributed by atoms with E-state index in [4.69, 9.17) is 9.15 Å². The third-order valence-corrected chi connectivity index (χ3v) is 4.28. The van der Waals surface area contributed by atoms with Gasteiger partial charge in [0.2, 0.25) is 11.8 Å². The number of amides is 2. The van der Waals surface area contributed by atoms with Crippen LogP contribution in [-0.2, 0) is 22.4 Å². The largest absolute Gasteiger partial charge is 0.444 e. The van der Waals surface area contributed by atoms with Gasteiger partial charge in [-0.05, 0) is 62.7 Å². The van der Waals surface area contributed by atoms with Crippen LogP contribution in [0.4, 0.5) is 14.9 Å². The topological polar surface area (TPSA) is 93.5 Å². The SMILES string of the molecule is CC(C)(C)OC(=O)Nc1cccc(CC(=O)NCCc2coc(-c3ccc(F)cc3)n2)c1. The maximum atomic E-state index is 13.0. The number of nitrogens with one attached hydrogen (secondary N) is 2. The summed E-state index contributed by atoms with van der Waals surface area (Å²) >= 11 is 0. The summed E-state index contributed by atoms with van der Waals surface area (Å²) in [5.41, 5.74) is 2.09. The molecule has 1 aromatic heterocycles. The number of carbonyl (C=O) groups excluding carboxylic acids is 2. The second-order valence-corrected chi connectivity index (χ2v) is 8.25. The van der Waals surface area contributed by atoms with Crippen LogP contribution in [0.3, 0.4) is 0 Å². The molecule has 0 aliphatic carbocycles. The van der Waals surface area contributed by atoms with Gasteiger partial charge >= 0.3 is 6.09 Å². The van der Waals surface area contributed by atoms with Crippen LogP contribution < -0.4 is 10.6 Å². The van der Waals surface area contributed by atoms with Crippen LogP contribution in [0.15, 0.2) is 59.2 Å². The molecule has 2 aromatic carbocycles. The number of benzene rings is 2. The lowest BCUT2D eigenvalue weighted by Crippen LogP contribution is -2.28. The molecule has 0 spiro atoms. The van der Waals surface area contributed by atoms with Crippen molar-refractivity contribution in [2.75, 3.05) is 11.9 Å². The molecule has 0 bridgehead atoms. The van der Waals surface area contributed by atoms with E-state index in [1.54, 1.807) is 51.1 Å². The highest BCUT2D eigenvalue weighted by atomic mass is 19.1. The molecule has 2 N–H and O–H groups in total. The average Bonchev–Trinajstić information content (AvgIpc) is 3.16. The third-order valence-electron chi connectivity index (χ3n) is 4.28. The van der Waals surface area contributed by atoms with E-state index in [2.05, 4.69) is 15.6 Å². The number of nitrogens with zero attached hydrogens (tertiary/aromatic N) is 1. The van der Waals surface area contributed by atoms with Crippen molar-refractivity contribution in [1.82, 2.24) is 10.3 Å². The number of oxazole rings is 1. The standard InChI is InChI=1S/C24H26FN3O4/c1-24(2,3)32-23(30)28-19-6-4-5-16(13-19)14-21(29)26-12-11-20-15-31-22(27-20)17-7-9-18(25)10-8-17/h4-10,13,15H,11-12,14H2,1-3H3,(H,26,29)(H,28,30). The summed E-state index contributed by atoms with van der Waals surface area (Å²) < 4.78 is 23.7. The molecule has 3 rings (SSSR count). The lowest BCUT2D eigenvalue weighted by molar-refractivity contribution is -0.120. The molecule has 0 saturated carbocycles. The summed E-state index contributed by atoms with van der Waals surface area (Å²) in [4.78, 5) is 28.5. The van der Waals surface area contributed by atoms with Gasteiger partial charge in [0.15, 0.2) is 0 Å². The molecule has 7 nitrogen and oxygen atoms in total. The molecular formula is C24H26FN3O4. The van der Waals surface area contributed by atoms with Gasteiger partial charge in [0.1, 0.15) is 17.7 Å². The van der Waals surface area contributed by atoms with Crippen molar-refractivity contribution >= 4 is 17.7 Å². The Morgan fingerprint density at radius 1 is 1.12 bits per heavy atom. The highest BCUT2D eigenvalue weighted by Crippen LogP contribution is 2.19. The zero-order valence-corrected chi connectivity index (χ0v) is 18.3. The zero-order chi connectivity index (χ0) is 23.1. The Morgan fingerprint density at radius 2 is 1.88 bits per heavy atom. The van der Waals surface area contributed by atoms with Crippen LogP contribution in [0, 0.1) is 5.82 Å². The molecule has 2 amide bonds. The van der Waals surface area contributed by atoms with E-state index >= 15 is 0 Å². The van der Waals surface area contributed by atoms with Crippen LogP contribution in [0.25, 0.3) is 11.5 Å². The zero-order valence-electron chi connectivity index (χ0n) is 18.3. The predicted molar refractivity (Wildman–Crippen MR) is 119 cm³/mol. The van der Waals surface area contributed by atoms with Crippen LogP contribution in [-0.4, -0.2) is 29.1 Å². The van der Waals surface area contributed by atoms with Gasteiger partial charge in [-0.2, -0.15) is 0 Å². The molecule has 32 heavy (non-hydrogen) atoms. The molecular weight excluding hydrogens is 413 g/mol. The molecule has 0 radical (unpaired) electrons. The second-order valence-electron chi connectivity index (χ2n) is 8.25. The first-order chi connectivity index (χ1) is 15.2. The molecule has 0 saturated heterocycles. The third kappa shape index (κ3) is 7.23. The van der Waals surface area contributed by atoms with Crippen molar-refractivity contribution in [1.29, 1.82) is 0 Å². The number of ether oxygens (including phenoxy) is 1. The molecule has 8 heteroatoms. The number of anilines is 1. The van der Waals surface area contributed by atoms with Crippen molar-refractivity contribution in [3.8, 4) is 11.5 Å². The van der Waals surface area contributed by atoms with Gasteiger partial charge in [-0.3, -0.25) is 10.1 Å². The fourth-order valence-electron chi connectivity index (χ4n) is 2.91. The number of rotatable bonds is 7. The predicted octanol–water partition coefficient (Wildman–Crippen LogP) is 4.73. The molecule has 0 aliphatic rings. The number of carbonyl (C=O) groups is 2. The fourth-order valence-corrected chi connectivity index (χ4v) is 2.91. The van der Waals surface area contributed by atoms with Crippen molar-refractivity contribution in [2.24, 2.45) is 0 Å². The minimum absolute atomic E-state index is 0.151. The number of hydrogen-bond donors (Lipinski definition) is 2. The van der Waals surface area contributed by atoms with Gasteiger partial charge in [-0.25, -0.2) is 14.2 Å². The first kappa shape index (κ1) is 23.0. The molecule has 0 unspecified atom stereocenters. The minimum atomic E-state index is -0.592. The number of aromatic nitrogens is 1. The number of hydrogen-bond acceptors (Lipinski definition) is 5. The van der Waals surface area contributed by atoms with Crippen molar-refractivity contribution in [2.45, 2.75) is 39.2 Å². The summed E-state index contributed by atoms with van der Waals surface area (Å²) in [7, 11) is 0. The molecule has 3 aromatic rings. The van der Waals surface area contributed by atoms with E-state index in [-0.39, 0.29) is 18.1 Å². The second kappa shape index (κ2) is 10.1.